The molecule has 0 radical (unpaired) electrons. The molecule has 0 aliphatic heterocycles. The maximum absolute atomic E-state index is 13.1. The molecule has 0 aliphatic carbocycles. The van der Waals surface area contributed by atoms with Crippen LogP contribution < -0.4 is 16.4 Å². The maximum Gasteiger partial charge on any atom is 0.267 e. The van der Waals surface area contributed by atoms with Crippen molar-refractivity contribution in [2.45, 2.75) is 26.9 Å². The van der Waals surface area contributed by atoms with Gasteiger partial charge >= 0.3 is 0 Å². The van der Waals surface area contributed by atoms with Gasteiger partial charge in [0, 0.05) is 36.0 Å². The number of carbonyl (C=O) groups is 1. The third kappa shape index (κ3) is 4.81. The van der Waals surface area contributed by atoms with Crippen LogP contribution in [-0.4, -0.2) is 31.8 Å². The molecule has 1 amide bonds. The summed E-state index contributed by atoms with van der Waals surface area (Å²) >= 11 is 0. The van der Waals surface area contributed by atoms with Crippen molar-refractivity contribution in [2.75, 3.05) is 6.54 Å². The van der Waals surface area contributed by atoms with Gasteiger partial charge in [-0.25, -0.2) is 14.1 Å². The Hall–Kier alpha value is -3.62. The van der Waals surface area contributed by atoms with Gasteiger partial charge in [-0.1, -0.05) is 0 Å². The topological polar surface area (TPSA) is 98.9 Å². The molecule has 3 aromatic rings. The number of aryl methyl sites for hydroxylation is 1. The lowest BCUT2D eigenvalue weighted by atomic mass is 10.1. The van der Waals surface area contributed by atoms with E-state index >= 15 is 0 Å². The molecular weight excluding hydrogens is 377 g/mol. The molecule has 0 atom stereocenters. The first kappa shape index (κ1) is 20.1. The molecule has 0 aliphatic rings. The molecule has 3 rings (SSSR count). The van der Waals surface area contributed by atoms with Crippen molar-refractivity contribution in [1.29, 1.82) is 0 Å². The summed E-state index contributed by atoms with van der Waals surface area (Å²) < 4.78 is 15.5. The molecule has 1 aromatic carbocycles. The molecule has 0 fully saturated rings. The number of amides is 1. The van der Waals surface area contributed by atoms with Gasteiger partial charge in [-0.05, 0) is 44.2 Å². The molecule has 0 bridgehead atoms. The summed E-state index contributed by atoms with van der Waals surface area (Å²) in [7, 11) is 0. The predicted octanol–water partition coefficient (Wildman–Crippen LogP) is 1.04. The molecule has 1 N–H and O–H groups in total. The van der Waals surface area contributed by atoms with Crippen LogP contribution in [0.25, 0.3) is 11.3 Å². The van der Waals surface area contributed by atoms with Crippen LogP contribution in [0, 0.1) is 19.7 Å². The average Bonchev–Trinajstić information content (AvgIpc) is 2.70. The van der Waals surface area contributed by atoms with Crippen LogP contribution in [-0.2, 0) is 17.9 Å². The second-order valence-electron chi connectivity index (χ2n) is 6.52. The Morgan fingerprint density at radius 3 is 2.55 bits per heavy atom. The van der Waals surface area contributed by atoms with Gasteiger partial charge in [-0.15, -0.1) is 0 Å². The van der Waals surface area contributed by atoms with E-state index in [1.54, 1.807) is 26.0 Å². The highest BCUT2D eigenvalue weighted by atomic mass is 19.1. The highest BCUT2D eigenvalue weighted by Crippen LogP contribution is 2.15. The minimum atomic E-state index is -0.430. The summed E-state index contributed by atoms with van der Waals surface area (Å²) in [4.78, 5) is 40.5. The Balaban J connectivity index is 1.64. The summed E-state index contributed by atoms with van der Waals surface area (Å²) in [5, 5.41) is 6.83. The lowest BCUT2D eigenvalue weighted by Gasteiger charge is -2.10. The highest BCUT2D eigenvalue weighted by Gasteiger charge is 2.09. The van der Waals surface area contributed by atoms with Crippen molar-refractivity contribution in [3.63, 3.8) is 0 Å². The van der Waals surface area contributed by atoms with Crippen LogP contribution in [0.1, 0.15) is 11.3 Å². The number of benzene rings is 1. The molecule has 0 unspecified atom stereocenters. The first-order valence-corrected chi connectivity index (χ1v) is 8.98. The van der Waals surface area contributed by atoms with E-state index in [-0.39, 0.29) is 31.0 Å². The van der Waals surface area contributed by atoms with Crippen LogP contribution in [0.3, 0.4) is 0 Å². The second-order valence-corrected chi connectivity index (χ2v) is 6.52. The highest BCUT2D eigenvalue weighted by molar-refractivity contribution is 5.75. The molecule has 2 aromatic heterocycles. The fourth-order valence-electron chi connectivity index (χ4n) is 2.68. The fourth-order valence-corrected chi connectivity index (χ4v) is 2.68. The lowest BCUT2D eigenvalue weighted by molar-refractivity contribution is -0.121. The summed E-state index contributed by atoms with van der Waals surface area (Å²) in [6.07, 6.45) is 1.44. The Labute approximate surface area is 165 Å². The van der Waals surface area contributed by atoms with Crippen molar-refractivity contribution in [3.8, 4) is 11.3 Å². The summed E-state index contributed by atoms with van der Waals surface area (Å²) in [6, 6.07) is 8.50. The standard InChI is InChI=1S/C20H20FN5O3/c1-13-14(2)23-12-25(20(13)29)10-9-22-18(27)11-26-19(28)8-7-17(24-26)15-3-5-16(21)6-4-15/h3-8,12H,9-11H2,1-2H3,(H,22,27). The predicted molar refractivity (Wildman–Crippen MR) is 105 cm³/mol. The largest absolute Gasteiger partial charge is 0.353 e. The molecular formula is C20H20FN5O3. The van der Waals surface area contributed by atoms with Crippen molar-refractivity contribution in [3.05, 3.63) is 80.5 Å². The summed E-state index contributed by atoms with van der Waals surface area (Å²) in [6.45, 7) is 3.65. The Kier molecular flexibility index (Phi) is 5.96. The first-order chi connectivity index (χ1) is 13.8. The number of nitrogens with zero attached hydrogens (tertiary/aromatic N) is 4. The van der Waals surface area contributed by atoms with Gasteiger partial charge in [0.25, 0.3) is 11.1 Å². The molecule has 2 heterocycles. The van der Waals surface area contributed by atoms with E-state index in [9.17, 15) is 18.8 Å². The zero-order valence-corrected chi connectivity index (χ0v) is 16.1. The molecule has 0 saturated carbocycles. The fraction of sp³-hybridized carbons (Fsp3) is 0.250. The molecule has 0 spiro atoms. The van der Waals surface area contributed by atoms with E-state index in [1.165, 1.54) is 35.2 Å². The van der Waals surface area contributed by atoms with Gasteiger partial charge in [0.15, 0.2) is 0 Å². The smallest absolute Gasteiger partial charge is 0.267 e. The van der Waals surface area contributed by atoms with E-state index in [0.717, 1.165) is 4.68 Å². The zero-order valence-electron chi connectivity index (χ0n) is 16.1. The first-order valence-electron chi connectivity index (χ1n) is 8.98. The van der Waals surface area contributed by atoms with E-state index < -0.39 is 11.5 Å². The van der Waals surface area contributed by atoms with Crippen LogP contribution in [0.15, 0.2) is 52.3 Å². The van der Waals surface area contributed by atoms with Gasteiger partial charge in [0.1, 0.15) is 12.4 Å². The minimum Gasteiger partial charge on any atom is -0.353 e. The van der Waals surface area contributed by atoms with E-state index in [4.69, 9.17) is 0 Å². The van der Waals surface area contributed by atoms with E-state index in [0.29, 0.717) is 22.5 Å². The van der Waals surface area contributed by atoms with Gasteiger partial charge in [0.2, 0.25) is 5.91 Å². The van der Waals surface area contributed by atoms with Gasteiger partial charge in [-0.3, -0.25) is 19.0 Å². The number of carbonyl (C=O) groups excluding carboxylic acids is 1. The molecule has 9 heteroatoms. The maximum atomic E-state index is 13.1. The number of rotatable bonds is 6. The molecule has 29 heavy (non-hydrogen) atoms. The van der Waals surface area contributed by atoms with Crippen LogP contribution >= 0.6 is 0 Å². The molecule has 150 valence electrons. The third-order valence-corrected chi connectivity index (χ3v) is 4.49. The average molecular weight is 397 g/mol. The Morgan fingerprint density at radius 2 is 1.83 bits per heavy atom. The number of halogens is 1. The van der Waals surface area contributed by atoms with E-state index in [2.05, 4.69) is 15.4 Å². The lowest BCUT2D eigenvalue weighted by Crippen LogP contribution is -2.36. The summed E-state index contributed by atoms with van der Waals surface area (Å²) in [5.74, 6) is -0.791. The second kappa shape index (κ2) is 8.59. The van der Waals surface area contributed by atoms with Crippen molar-refractivity contribution in [2.24, 2.45) is 0 Å². The number of hydrogen-bond donors (Lipinski definition) is 1. The van der Waals surface area contributed by atoms with Crippen LogP contribution in [0.4, 0.5) is 4.39 Å². The van der Waals surface area contributed by atoms with Crippen molar-refractivity contribution >= 4 is 5.91 Å². The molecule has 8 nitrogen and oxygen atoms in total. The number of aromatic nitrogens is 4. The number of nitrogens with one attached hydrogen (secondary N) is 1. The Bertz CT molecular complexity index is 1150. The van der Waals surface area contributed by atoms with Crippen molar-refractivity contribution in [1.82, 2.24) is 24.6 Å². The normalized spacial score (nSPS) is 10.7. The molecule has 0 saturated heterocycles. The van der Waals surface area contributed by atoms with Gasteiger partial charge in [-0.2, -0.15) is 5.10 Å². The van der Waals surface area contributed by atoms with E-state index in [1.807, 2.05) is 0 Å². The number of hydrogen-bond acceptors (Lipinski definition) is 5. The minimum absolute atomic E-state index is 0.156. The quantitative estimate of drug-likeness (QED) is 0.670. The monoisotopic (exact) mass is 397 g/mol. The van der Waals surface area contributed by atoms with Gasteiger partial charge in [0.05, 0.1) is 12.0 Å². The van der Waals surface area contributed by atoms with Gasteiger partial charge < -0.3 is 5.32 Å². The van der Waals surface area contributed by atoms with Crippen molar-refractivity contribution < 1.29 is 9.18 Å². The Morgan fingerprint density at radius 1 is 1.10 bits per heavy atom. The van der Waals surface area contributed by atoms with Crippen LogP contribution in [0.5, 0.6) is 0 Å². The third-order valence-electron chi connectivity index (χ3n) is 4.49. The summed E-state index contributed by atoms with van der Waals surface area (Å²) in [5.41, 5.74) is 1.72. The zero-order chi connectivity index (χ0) is 21.0. The SMILES string of the molecule is Cc1ncn(CCNC(=O)Cn2nc(-c3ccc(F)cc3)ccc2=O)c(=O)c1C. The van der Waals surface area contributed by atoms with Crippen LogP contribution in [0.2, 0.25) is 0 Å².